The number of methoxy groups -OCH3 is 1. The minimum atomic E-state index is -0.266. The monoisotopic (exact) mass is 516 g/mol. The van der Waals surface area contributed by atoms with Gasteiger partial charge in [0.25, 0.3) is 11.8 Å². The molecule has 0 unspecified atom stereocenters. The Balaban J connectivity index is 1.33. The Morgan fingerprint density at radius 1 is 0.895 bits per heavy atom. The summed E-state index contributed by atoms with van der Waals surface area (Å²) in [5.41, 5.74) is 3.21. The van der Waals surface area contributed by atoms with Crippen LogP contribution in [-0.4, -0.2) is 68.0 Å². The molecule has 0 aliphatic carbocycles. The van der Waals surface area contributed by atoms with Gasteiger partial charge in [0, 0.05) is 68.3 Å². The molecule has 2 aliphatic heterocycles. The van der Waals surface area contributed by atoms with Gasteiger partial charge in [-0.25, -0.2) is 4.39 Å². The molecule has 2 saturated heterocycles. The second-order valence-corrected chi connectivity index (χ2v) is 9.77. The SMILES string of the molecule is COc1cccc(C(=O)Nc2ccc(N3CCN(Cc4ccccc4F)CC3)c(C(=O)N3CCCC3)c2)c1. The number of hydrogen-bond donors (Lipinski definition) is 1. The molecule has 0 radical (unpaired) electrons. The normalized spacial score (nSPS) is 15.9. The number of likely N-dealkylation sites (tertiary alicyclic amines) is 1. The molecule has 2 amide bonds. The summed E-state index contributed by atoms with van der Waals surface area (Å²) in [7, 11) is 1.56. The standard InChI is InChI=1S/C30H33FN4O3/c1-38-25-9-6-8-22(19-25)29(36)32-24-11-12-28(26(20-24)30(37)35-13-4-5-14-35)34-17-15-33(16-18-34)21-23-7-2-3-10-27(23)31/h2-3,6-12,19-20H,4-5,13-18,21H2,1H3,(H,32,36). The van der Waals surface area contributed by atoms with E-state index < -0.39 is 0 Å². The Bertz CT molecular complexity index is 1300. The van der Waals surface area contributed by atoms with Crippen LogP contribution < -0.4 is 15.0 Å². The molecule has 0 aromatic heterocycles. The second kappa shape index (κ2) is 11.6. The second-order valence-electron chi connectivity index (χ2n) is 9.77. The van der Waals surface area contributed by atoms with Gasteiger partial charge in [0.05, 0.1) is 12.7 Å². The van der Waals surface area contributed by atoms with Crippen molar-refractivity contribution in [1.82, 2.24) is 9.80 Å². The van der Waals surface area contributed by atoms with Gasteiger partial charge in [-0.15, -0.1) is 0 Å². The summed E-state index contributed by atoms with van der Waals surface area (Å²) in [5, 5.41) is 2.94. The van der Waals surface area contributed by atoms with Crippen LogP contribution in [0, 0.1) is 5.82 Å². The highest BCUT2D eigenvalue weighted by Gasteiger charge is 2.27. The van der Waals surface area contributed by atoms with E-state index in [4.69, 9.17) is 4.74 Å². The topological polar surface area (TPSA) is 65.1 Å². The Labute approximate surface area is 222 Å². The molecule has 5 rings (SSSR count). The fourth-order valence-electron chi connectivity index (χ4n) is 5.13. The van der Waals surface area contributed by atoms with Crippen LogP contribution in [0.1, 0.15) is 39.1 Å². The lowest BCUT2D eigenvalue weighted by atomic mass is 10.1. The first-order valence-electron chi connectivity index (χ1n) is 13.1. The van der Waals surface area contributed by atoms with E-state index in [2.05, 4.69) is 15.1 Å². The molecule has 3 aromatic rings. The molecule has 7 nitrogen and oxygen atoms in total. The Kier molecular flexibility index (Phi) is 7.89. The van der Waals surface area contributed by atoms with Gasteiger partial charge < -0.3 is 19.9 Å². The average Bonchev–Trinajstić information content (AvgIpc) is 3.50. The van der Waals surface area contributed by atoms with E-state index in [0.717, 1.165) is 57.8 Å². The van der Waals surface area contributed by atoms with E-state index in [1.807, 2.05) is 29.2 Å². The summed E-state index contributed by atoms with van der Waals surface area (Å²) in [4.78, 5) is 32.8. The van der Waals surface area contributed by atoms with E-state index in [0.29, 0.717) is 34.7 Å². The summed E-state index contributed by atoms with van der Waals surface area (Å²) in [6.07, 6.45) is 2.00. The van der Waals surface area contributed by atoms with Gasteiger partial charge in [-0.1, -0.05) is 24.3 Å². The smallest absolute Gasteiger partial charge is 0.256 e. The van der Waals surface area contributed by atoms with Gasteiger partial charge in [-0.05, 0) is 55.3 Å². The zero-order chi connectivity index (χ0) is 26.5. The molecule has 198 valence electrons. The third kappa shape index (κ3) is 5.81. The minimum absolute atomic E-state index is 0.0104. The summed E-state index contributed by atoms with van der Waals surface area (Å²) < 4.78 is 19.4. The molecule has 0 spiro atoms. The molecule has 0 saturated carbocycles. The number of ether oxygens (including phenoxy) is 1. The molecule has 2 fully saturated rings. The molecule has 8 heteroatoms. The van der Waals surface area contributed by atoms with Crippen molar-refractivity contribution in [3.05, 3.63) is 89.2 Å². The third-order valence-corrected chi connectivity index (χ3v) is 7.27. The van der Waals surface area contributed by atoms with Crippen LogP contribution in [0.4, 0.5) is 15.8 Å². The number of rotatable bonds is 7. The van der Waals surface area contributed by atoms with Gasteiger partial charge in [0.2, 0.25) is 0 Å². The maximum absolute atomic E-state index is 14.1. The fourth-order valence-corrected chi connectivity index (χ4v) is 5.13. The lowest BCUT2D eigenvalue weighted by molar-refractivity contribution is 0.0792. The lowest BCUT2D eigenvalue weighted by Crippen LogP contribution is -2.46. The van der Waals surface area contributed by atoms with Crippen molar-refractivity contribution < 1.29 is 18.7 Å². The van der Waals surface area contributed by atoms with Crippen LogP contribution >= 0.6 is 0 Å². The quantitative estimate of drug-likeness (QED) is 0.496. The average molecular weight is 517 g/mol. The number of nitrogens with one attached hydrogen (secondary N) is 1. The number of piperazine rings is 1. The number of carbonyl (C=O) groups excluding carboxylic acids is 2. The maximum atomic E-state index is 14.1. The highest BCUT2D eigenvalue weighted by Crippen LogP contribution is 2.29. The van der Waals surface area contributed by atoms with Crippen LogP contribution in [0.2, 0.25) is 0 Å². The highest BCUT2D eigenvalue weighted by atomic mass is 19.1. The molecule has 38 heavy (non-hydrogen) atoms. The largest absolute Gasteiger partial charge is 0.497 e. The van der Waals surface area contributed by atoms with Crippen molar-refractivity contribution >= 4 is 23.2 Å². The predicted molar refractivity (Wildman–Crippen MR) is 146 cm³/mol. The number of nitrogens with zero attached hydrogens (tertiary/aromatic N) is 3. The van der Waals surface area contributed by atoms with Gasteiger partial charge in [0.1, 0.15) is 11.6 Å². The van der Waals surface area contributed by atoms with Crippen LogP contribution in [-0.2, 0) is 6.54 Å². The van der Waals surface area contributed by atoms with Gasteiger partial charge in [-0.3, -0.25) is 14.5 Å². The van der Waals surface area contributed by atoms with E-state index >= 15 is 0 Å². The van der Waals surface area contributed by atoms with Crippen molar-refractivity contribution in [2.75, 3.05) is 56.6 Å². The molecule has 2 heterocycles. The first-order chi connectivity index (χ1) is 18.5. The van der Waals surface area contributed by atoms with Crippen molar-refractivity contribution in [2.45, 2.75) is 19.4 Å². The number of halogens is 1. The predicted octanol–water partition coefficient (Wildman–Crippen LogP) is 4.64. The van der Waals surface area contributed by atoms with Gasteiger partial charge in [0.15, 0.2) is 0 Å². The van der Waals surface area contributed by atoms with Crippen LogP contribution in [0.15, 0.2) is 66.7 Å². The van der Waals surface area contributed by atoms with E-state index in [-0.39, 0.29) is 17.6 Å². The van der Waals surface area contributed by atoms with Crippen LogP contribution in [0.5, 0.6) is 5.75 Å². The summed E-state index contributed by atoms with van der Waals surface area (Å²) in [6.45, 7) is 5.04. The van der Waals surface area contributed by atoms with Gasteiger partial charge in [-0.2, -0.15) is 0 Å². The fraction of sp³-hybridized carbons (Fsp3) is 0.333. The van der Waals surface area contributed by atoms with Crippen molar-refractivity contribution in [2.24, 2.45) is 0 Å². The third-order valence-electron chi connectivity index (χ3n) is 7.27. The molecule has 0 atom stereocenters. The molecular formula is C30H33FN4O3. The number of amides is 2. The first-order valence-corrected chi connectivity index (χ1v) is 13.1. The van der Waals surface area contributed by atoms with E-state index in [1.165, 1.54) is 6.07 Å². The molecule has 3 aromatic carbocycles. The van der Waals surface area contributed by atoms with E-state index in [9.17, 15) is 14.0 Å². The Morgan fingerprint density at radius 3 is 2.39 bits per heavy atom. The number of hydrogen-bond acceptors (Lipinski definition) is 5. The first kappa shape index (κ1) is 25.7. The maximum Gasteiger partial charge on any atom is 0.256 e. The summed E-state index contributed by atoms with van der Waals surface area (Å²) in [5.74, 6) is 0.147. The molecule has 2 aliphatic rings. The zero-order valence-electron chi connectivity index (χ0n) is 21.7. The van der Waals surface area contributed by atoms with Crippen LogP contribution in [0.25, 0.3) is 0 Å². The van der Waals surface area contributed by atoms with Crippen molar-refractivity contribution in [1.29, 1.82) is 0 Å². The Hall–Kier alpha value is -3.91. The number of anilines is 2. The number of carbonyl (C=O) groups is 2. The molecular weight excluding hydrogens is 483 g/mol. The summed E-state index contributed by atoms with van der Waals surface area (Å²) >= 11 is 0. The van der Waals surface area contributed by atoms with Crippen molar-refractivity contribution in [3.8, 4) is 5.75 Å². The summed E-state index contributed by atoms with van der Waals surface area (Å²) in [6, 6.07) is 19.4. The van der Waals surface area contributed by atoms with E-state index in [1.54, 1.807) is 43.5 Å². The lowest BCUT2D eigenvalue weighted by Gasteiger charge is -2.37. The van der Waals surface area contributed by atoms with Crippen LogP contribution in [0.3, 0.4) is 0 Å². The zero-order valence-corrected chi connectivity index (χ0v) is 21.7. The number of benzene rings is 3. The molecule has 0 bridgehead atoms. The minimum Gasteiger partial charge on any atom is -0.497 e. The molecule has 1 N–H and O–H groups in total. The van der Waals surface area contributed by atoms with Crippen molar-refractivity contribution in [3.63, 3.8) is 0 Å². The Morgan fingerprint density at radius 2 is 1.66 bits per heavy atom. The highest BCUT2D eigenvalue weighted by molar-refractivity contribution is 6.06. The van der Waals surface area contributed by atoms with Gasteiger partial charge >= 0.3 is 0 Å².